The van der Waals surface area contributed by atoms with Gasteiger partial charge in [0.2, 0.25) is 11.8 Å². The maximum Gasteiger partial charge on any atom is 0.237 e. The summed E-state index contributed by atoms with van der Waals surface area (Å²) in [5.74, 6) is -0.354. The van der Waals surface area contributed by atoms with Gasteiger partial charge in [-0.3, -0.25) is 9.59 Å². The molecule has 1 N–H and O–H groups in total. The highest BCUT2D eigenvalue weighted by Gasteiger charge is 2.39. The summed E-state index contributed by atoms with van der Waals surface area (Å²) in [6.07, 6.45) is 0.758. The Morgan fingerprint density at radius 1 is 1.18 bits per heavy atom. The SMILES string of the molecule is CC(C)(C(=O)NCCc1ccccc1)C(=O)N1CCOCC1. The van der Waals surface area contributed by atoms with E-state index in [2.05, 4.69) is 5.32 Å². The van der Waals surface area contributed by atoms with Gasteiger partial charge in [0.25, 0.3) is 0 Å². The summed E-state index contributed by atoms with van der Waals surface area (Å²) in [5.41, 5.74) is 0.119. The van der Waals surface area contributed by atoms with Gasteiger partial charge in [-0.25, -0.2) is 0 Å². The molecule has 0 radical (unpaired) electrons. The van der Waals surface area contributed by atoms with Crippen LogP contribution in [0.1, 0.15) is 19.4 Å². The Hall–Kier alpha value is -1.88. The van der Waals surface area contributed by atoms with E-state index in [4.69, 9.17) is 4.74 Å². The third kappa shape index (κ3) is 4.07. The van der Waals surface area contributed by atoms with Crippen LogP contribution >= 0.6 is 0 Å². The molecule has 0 aromatic heterocycles. The minimum Gasteiger partial charge on any atom is -0.378 e. The first-order valence-electron chi connectivity index (χ1n) is 7.71. The minimum atomic E-state index is -1.05. The normalized spacial score (nSPS) is 15.5. The number of amides is 2. The van der Waals surface area contributed by atoms with Crippen LogP contribution in [0.15, 0.2) is 30.3 Å². The van der Waals surface area contributed by atoms with E-state index in [1.807, 2.05) is 30.3 Å². The Morgan fingerprint density at radius 2 is 1.82 bits per heavy atom. The molecule has 2 amide bonds. The monoisotopic (exact) mass is 304 g/mol. The Balaban J connectivity index is 1.85. The van der Waals surface area contributed by atoms with Crippen LogP contribution in [0.5, 0.6) is 0 Å². The van der Waals surface area contributed by atoms with Crippen molar-refractivity contribution in [2.24, 2.45) is 5.41 Å². The van der Waals surface area contributed by atoms with Crippen LogP contribution in [0.2, 0.25) is 0 Å². The molecule has 1 fully saturated rings. The molecule has 5 nitrogen and oxygen atoms in total. The van der Waals surface area contributed by atoms with Gasteiger partial charge >= 0.3 is 0 Å². The number of morpholine rings is 1. The largest absolute Gasteiger partial charge is 0.378 e. The topological polar surface area (TPSA) is 58.6 Å². The summed E-state index contributed by atoms with van der Waals surface area (Å²) >= 11 is 0. The van der Waals surface area contributed by atoms with E-state index in [0.717, 1.165) is 6.42 Å². The molecule has 0 saturated carbocycles. The Labute approximate surface area is 131 Å². The van der Waals surface area contributed by atoms with E-state index in [1.165, 1.54) is 5.56 Å². The van der Waals surface area contributed by atoms with Crippen LogP contribution in [-0.4, -0.2) is 49.6 Å². The van der Waals surface area contributed by atoms with Crippen molar-refractivity contribution in [3.8, 4) is 0 Å². The summed E-state index contributed by atoms with van der Waals surface area (Å²) in [5, 5.41) is 2.87. The molecule has 0 atom stereocenters. The van der Waals surface area contributed by atoms with Gasteiger partial charge in [-0.1, -0.05) is 30.3 Å². The number of nitrogens with one attached hydrogen (secondary N) is 1. The molecule has 1 saturated heterocycles. The average molecular weight is 304 g/mol. The lowest BCUT2D eigenvalue weighted by molar-refractivity contribution is -0.151. The molecule has 0 aliphatic carbocycles. The second-order valence-corrected chi connectivity index (χ2v) is 6.02. The fraction of sp³-hybridized carbons (Fsp3) is 0.529. The first-order valence-corrected chi connectivity index (χ1v) is 7.71. The minimum absolute atomic E-state index is 0.131. The van der Waals surface area contributed by atoms with E-state index < -0.39 is 5.41 Å². The smallest absolute Gasteiger partial charge is 0.237 e. The van der Waals surface area contributed by atoms with Gasteiger partial charge < -0.3 is 15.0 Å². The summed E-state index contributed by atoms with van der Waals surface area (Å²) in [6, 6.07) is 9.96. The van der Waals surface area contributed by atoms with Crippen molar-refractivity contribution in [2.75, 3.05) is 32.8 Å². The number of carbonyl (C=O) groups is 2. The number of benzene rings is 1. The van der Waals surface area contributed by atoms with Gasteiger partial charge in [-0.2, -0.15) is 0 Å². The average Bonchev–Trinajstić information content (AvgIpc) is 2.55. The molecule has 1 aromatic carbocycles. The first-order chi connectivity index (χ1) is 10.5. The third-order valence-electron chi connectivity index (χ3n) is 3.94. The molecule has 120 valence electrons. The van der Waals surface area contributed by atoms with Crippen molar-refractivity contribution in [3.05, 3.63) is 35.9 Å². The summed E-state index contributed by atoms with van der Waals surface area (Å²) in [6.45, 7) is 6.09. The summed E-state index contributed by atoms with van der Waals surface area (Å²) < 4.78 is 5.24. The molecule has 1 aromatic rings. The van der Waals surface area contributed by atoms with Gasteiger partial charge in [0, 0.05) is 19.6 Å². The molecule has 0 spiro atoms. The molecule has 5 heteroatoms. The lowest BCUT2D eigenvalue weighted by Crippen LogP contribution is -2.52. The van der Waals surface area contributed by atoms with Gasteiger partial charge in [-0.15, -0.1) is 0 Å². The second-order valence-electron chi connectivity index (χ2n) is 6.02. The Bertz CT molecular complexity index is 508. The second kappa shape index (κ2) is 7.40. The molecule has 0 bridgehead atoms. The van der Waals surface area contributed by atoms with Crippen molar-refractivity contribution >= 4 is 11.8 Å². The van der Waals surface area contributed by atoms with Crippen molar-refractivity contribution in [1.82, 2.24) is 10.2 Å². The van der Waals surface area contributed by atoms with Crippen LogP contribution in [0.25, 0.3) is 0 Å². The van der Waals surface area contributed by atoms with Gasteiger partial charge in [0.15, 0.2) is 0 Å². The molecule has 1 heterocycles. The van der Waals surface area contributed by atoms with E-state index in [0.29, 0.717) is 32.8 Å². The Morgan fingerprint density at radius 3 is 2.45 bits per heavy atom. The number of carbonyl (C=O) groups excluding carboxylic acids is 2. The zero-order chi connectivity index (χ0) is 16.0. The summed E-state index contributed by atoms with van der Waals surface area (Å²) in [7, 11) is 0. The first kappa shape index (κ1) is 16.5. The van der Waals surface area contributed by atoms with Crippen LogP contribution in [0.4, 0.5) is 0 Å². The quantitative estimate of drug-likeness (QED) is 0.833. The zero-order valence-corrected chi connectivity index (χ0v) is 13.3. The van der Waals surface area contributed by atoms with Crippen molar-refractivity contribution in [3.63, 3.8) is 0 Å². The molecule has 0 unspecified atom stereocenters. The molecule has 22 heavy (non-hydrogen) atoms. The maximum atomic E-state index is 12.5. The highest BCUT2D eigenvalue weighted by atomic mass is 16.5. The van der Waals surface area contributed by atoms with Crippen LogP contribution in [-0.2, 0) is 20.7 Å². The molecular weight excluding hydrogens is 280 g/mol. The van der Waals surface area contributed by atoms with E-state index >= 15 is 0 Å². The standard InChI is InChI=1S/C17H24N2O3/c1-17(2,16(21)19-10-12-22-13-11-19)15(20)18-9-8-14-6-4-3-5-7-14/h3-7H,8-13H2,1-2H3,(H,18,20). The van der Waals surface area contributed by atoms with E-state index in [9.17, 15) is 9.59 Å². The molecule has 2 rings (SSSR count). The van der Waals surface area contributed by atoms with E-state index in [-0.39, 0.29) is 11.8 Å². The van der Waals surface area contributed by atoms with Crippen molar-refractivity contribution < 1.29 is 14.3 Å². The zero-order valence-electron chi connectivity index (χ0n) is 13.3. The number of hydrogen-bond donors (Lipinski definition) is 1. The van der Waals surface area contributed by atoms with Crippen LogP contribution in [0.3, 0.4) is 0 Å². The highest BCUT2D eigenvalue weighted by Crippen LogP contribution is 2.20. The number of rotatable bonds is 5. The maximum absolute atomic E-state index is 12.5. The number of hydrogen-bond acceptors (Lipinski definition) is 3. The van der Waals surface area contributed by atoms with E-state index in [1.54, 1.807) is 18.7 Å². The third-order valence-corrected chi connectivity index (χ3v) is 3.94. The van der Waals surface area contributed by atoms with Gasteiger partial charge in [0.1, 0.15) is 5.41 Å². The lowest BCUT2D eigenvalue weighted by atomic mass is 9.90. The molecule has 1 aliphatic rings. The van der Waals surface area contributed by atoms with Crippen molar-refractivity contribution in [2.45, 2.75) is 20.3 Å². The van der Waals surface area contributed by atoms with Gasteiger partial charge in [-0.05, 0) is 25.8 Å². The Kier molecular flexibility index (Phi) is 5.55. The molecule has 1 aliphatic heterocycles. The summed E-state index contributed by atoms with van der Waals surface area (Å²) in [4.78, 5) is 26.6. The fourth-order valence-electron chi connectivity index (χ4n) is 2.44. The van der Waals surface area contributed by atoms with Crippen LogP contribution < -0.4 is 5.32 Å². The number of nitrogens with zero attached hydrogens (tertiary/aromatic N) is 1. The van der Waals surface area contributed by atoms with Crippen LogP contribution in [0, 0.1) is 5.41 Å². The van der Waals surface area contributed by atoms with Crippen molar-refractivity contribution in [1.29, 1.82) is 0 Å². The molecular formula is C17H24N2O3. The fourth-order valence-corrected chi connectivity index (χ4v) is 2.44. The number of ether oxygens (including phenoxy) is 1. The van der Waals surface area contributed by atoms with Gasteiger partial charge in [0.05, 0.1) is 13.2 Å². The predicted molar refractivity (Wildman–Crippen MR) is 84.3 cm³/mol. The lowest BCUT2D eigenvalue weighted by Gasteiger charge is -2.33. The predicted octanol–water partition coefficient (Wildman–Crippen LogP) is 1.23. The highest BCUT2D eigenvalue weighted by molar-refractivity contribution is 6.04.